The molecule has 0 aliphatic carbocycles. The number of nitrogens with zero attached hydrogens (tertiary/aromatic N) is 3. The predicted molar refractivity (Wildman–Crippen MR) is 56.6 cm³/mol. The van der Waals surface area contributed by atoms with Gasteiger partial charge < -0.3 is 10.8 Å². The van der Waals surface area contributed by atoms with Crippen LogP contribution in [0.3, 0.4) is 0 Å². The molecule has 0 atom stereocenters. The second-order valence-corrected chi connectivity index (χ2v) is 3.11. The number of aromatic nitrogens is 3. The number of benzene rings is 1. The highest BCUT2D eigenvalue weighted by Gasteiger charge is 2.08. The lowest BCUT2D eigenvalue weighted by Crippen LogP contribution is -2.00. The van der Waals surface area contributed by atoms with E-state index in [1.807, 2.05) is 0 Å². The fourth-order valence-electron chi connectivity index (χ4n) is 1.29. The van der Waals surface area contributed by atoms with E-state index in [0.29, 0.717) is 17.1 Å². The molecule has 0 spiro atoms. The van der Waals surface area contributed by atoms with Crippen molar-refractivity contribution in [3.05, 3.63) is 36.4 Å². The van der Waals surface area contributed by atoms with Crippen LogP contribution >= 0.6 is 0 Å². The fourth-order valence-corrected chi connectivity index (χ4v) is 1.29. The molecule has 16 heavy (non-hydrogen) atoms. The molecule has 0 amide bonds. The van der Waals surface area contributed by atoms with Crippen LogP contribution in [0.4, 0.5) is 5.69 Å². The Morgan fingerprint density at radius 1 is 1.19 bits per heavy atom. The molecule has 2 rings (SSSR count). The van der Waals surface area contributed by atoms with Gasteiger partial charge in [0.15, 0.2) is 5.82 Å². The van der Waals surface area contributed by atoms with E-state index in [0.717, 1.165) is 0 Å². The van der Waals surface area contributed by atoms with E-state index in [-0.39, 0.29) is 5.56 Å². The van der Waals surface area contributed by atoms with Gasteiger partial charge in [0.05, 0.1) is 5.56 Å². The van der Waals surface area contributed by atoms with Gasteiger partial charge in [-0.1, -0.05) is 0 Å². The number of hydrogen-bond donors (Lipinski definition) is 2. The van der Waals surface area contributed by atoms with E-state index in [2.05, 4.69) is 15.0 Å². The number of carboxylic acids is 1. The van der Waals surface area contributed by atoms with Crippen molar-refractivity contribution in [1.29, 1.82) is 0 Å². The van der Waals surface area contributed by atoms with Crippen molar-refractivity contribution in [3.8, 4) is 11.4 Å². The summed E-state index contributed by atoms with van der Waals surface area (Å²) in [5.74, 6) is -0.646. The largest absolute Gasteiger partial charge is 0.478 e. The van der Waals surface area contributed by atoms with Crippen LogP contribution in [-0.2, 0) is 0 Å². The molecule has 0 aliphatic heterocycles. The lowest BCUT2D eigenvalue weighted by atomic mass is 10.1. The Labute approximate surface area is 90.8 Å². The number of rotatable bonds is 2. The molecule has 3 N–H and O–H groups in total. The molecule has 0 aliphatic rings. The number of nitrogens with two attached hydrogens (primary N) is 1. The van der Waals surface area contributed by atoms with Crippen molar-refractivity contribution < 1.29 is 9.90 Å². The Morgan fingerprint density at radius 2 is 1.88 bits per heavy atom. The second-order valence-electron chi connectivity index (χ2n) is 3.11. The summed E-state index contributed by atoms with van der Waals surface area (Å²) >= 11 is 0. The minimum Gasteiger partial charge on any atom is -0.478 e. The molecule has 80 valence electrons. The molecule has 0 bridgehead atoms. The Hall–Kier alpha value is -2.50. The third kappa shape index (κ3) is 1.95. The molecule has 2 aromatic rings. The Morgan fingerprint density at radius 3 is 2.50 bits per heavy atom. The van der Waals surface area contributed by atoms with Gasteiger partial charge in [-0.25, -0.2) is 19.7 Å². The molecule has 0 radical (unpaired) electrons. The highest BCUT2D eigenvalue weighted by molar-refractivity contribution is 5.90. The summed E-state index contributed by atoms with van der Waals surface area (Å²) in [6.45, 7) is 0. The molecule has 1 aromatic heterocycles. The summed E-state index contributed by atoms with van der Waals surface area (Å²) in [4.78, 5) is 22.3. The van der Waals surface area contributed by atoms with Crippen LogP contribution in [0.2, 0.25) is 0 Å². The van der Waals surface area contributed by atoms with Gasteiger partial charge in [-0.3, -0.25) is 0 Å². The van der Waals surface area contributed by atoms with Gasteiger partial charge in [0.2, 0.25) is 0 Å². The van der Waals surface area contributed by atoms with Crippen LogP contribution in [0.5, 0.6) is 0 Å². The first-order valence-corrected chi connectivity index (χ1v) is 4.43. The first kappa shape index (κ1) is 10.0. The second kappa shape index (κ2) is 3.93. The van der Waals surface area contributed by atoms with E-state index in [1.165, 1.54) is 24.8 Å². The molecule has 0 saturated heterocycles. The molecule has 1 aromatic carbocycles. The van der Waals surface area contributed by atoms with Crippen molar-refractivity contribution in [2.45, 2.75) is 0 Å². The summed E-state index contributed by atoms with van der Waals surface area (Å²) in [5.41, 5.74) is 6.62. The number of carbonyl (C=O) groups is 1. The van der Waals surface area contributed by atoms with Crippen molar-refractivity contribution >= 4 is 11.7 Å². The Balaban J connectivity index is 2.54. The van der Waals surface area contributed by atoms with E-state index < -0.39 is 5.97 Å². The summed E-state index contributed by atoms with van der Waals surface area (Å²) in [7, 11) is 0. The molecule has 0 fully saturated rings. The number of carboxylic acid groups (broad SMARTS) is 1. The first-order valence-electron chi connectivity index (χ1n) is 4.43. The van der Waals surface area contributed by atoms with Gasteiger partial charge in [-0.05, 0) is 18.2 Å². The number of hydrogen-bond acceptors (Lipinski definition) is 5. The van der Waals surface area contributed by atoms with E-state index >= 15 is 0 Å². The fraction of sp³-hybridized carbons (Fsp3) is 0. The van der Waals surface area contributed by atoms with E-state index in [9.17, 15) is 4.79 Å². The highest BCUT2D eigenvalue weighted by Crippen LogP contribution is 2.19. The van der Waals surface area contributed by atoms with Crippen LogP contribution < -0.4 is 5.73 Å². The number of nitrogen functional groups attached to an aromatic ring is 1. The number of anilines is 1. The summed E-state index contributed by atoms with van der Waals surface area (Å²) in [6, 6.07) is 4.46. The van der Waals surface area contributed by atoms with E-state index in [1.54, 1.807) is 6.07 Å². The average Bonchev–Trinajstić information content (AvgIpc) is 2.29. The van der Waals surface area contributed by atoms with Gasteiger partial charge in [0.1, 0.15) is 12.7 Å². The predicted octanol–water partition coefficient (Wildman–Crippen LogP) is 0.819. The topological polar surface area (TPSA) is 102 Å². The SMILES string of the molecule is Nc1cc(C(=O)O)cc(-c2ncncn2)c1. The lowest BCUT2D eigenvalue weighted by Gasteiger charge is -2.02. The van der Waals surface area contributed by atoms with Crippen molar-refractivity contribution in [2.75, 3.05) is 5.73 Å². The summed E-state index contributed by atoms with van der Waals surface area (Å²) in [5, 5.41) is 8.87. The van der Waals surface area contributed by atoms with Crippen LogP contribution in [0.1, 0.15) is 10.4 Å². The smallest absolute Gasteiger partial charge is 0.335 e. The number of aromatic carboxylic acids is 1. The third-order valence-corrected chi connectivity index (χ3v) is 1.95. The average molecular weight is 216 g/mol. The molecule has 0 saturated carbocycles. The minimum atomic E-state index is -1.04. The van der Waals surface area contributed by atoms with Crippen molar-refractivity contribution in [3.63, 3.8) is 0 Å². The summed E-state index contributed by atoms with van der Waals surface area (Å²) in [6.07, 6.45) is 2.68. The van der Waals surface area contributed by atoms with Gasteiger partial charge in [-0.15, -0.1) is 0 Å². The van der Waals surface area contributed by atoms with Gasteiger partial charge in [0.25, 0.3) is 0 Å². The van der Waals surface area contributed by atoms with Crippen molar-refractivity contribution in [2.24, 2.45) is 0 Å². The van der Waals surface area contributed by atoms with Crippen LogP contribution in [0.25, 0.3) is 11.4 Å². The van der Waals surface area contributed by atoms with Gasteiger partial charge >= 0.3 is 5.97 Å². The molecular formula is C10H8N4O2. The maximum absolute atomic E-state index is 10.8. The van der Waals surface area contributed by atoms with Crippen LogP contribution in [-0.4, -0.2) is 26.0 Å². The normalized spacial score (nSPS) is 10.0. The van der Waals surface area contributed by atoms with Gasteiger partial charge in [-0.2, -0.15) is 0 Å². The van der Waals surface area contributed by atoms with Crippen LogP contribution in [0.15, 0.2) is 30.9 Å². The minimum absolute atomic E-state index is 0.107. The Bertz CT molecular complexity index is 528. The Kier molecular flexibility index (Phi) is 2.47. The van der Waals surface area contributed by atoms with Crippen molar-refractivity contribution in [1.82, 2.24) is 15.0 Å². The maximum Gasteiger partial charge on any atom is 0.335 e. The molecule has 6 nitrogen and oxygen atoms in total. The molecule has 6 heteroatoms. The zero-order valence-electron chi connectivity index (χ0n) is 8.16. The maximum atomic E-state index is 10.8. The molecule has 1 heterocycles. The molecular weight excluding hydrogens is 208 g/mol. The van der Waals surface area contributed by atoms with Gasteiger partial charge in [0, 0.05) is 11.3 Å². The standard InChI is InChI=1S/C10H8N4O2/c11-8-2-6(1-7(3-8)10(15)16)9-13-4-12-5-14-9/h1-5H,11H2,(H,15,16). The zero-order valence-corrected chi connectivity index (χ0v) is 8.16. The van der Waals surface area contributed by atoms with E-state index in [4.69, 9.17) is 10.8 Å². The third-order valence-electron chi connectivity index (χ3n) is 1.95. The zero-order chi connectivity index (χ0) is 11.5. The monoisotopic (exact) mass is 216 g/mol. The summed E-state index contributed by atoms with van der Waals surface area (Å²) < 4.78 is 0. The quantitative estimate of drug-likeness (QED) is 0.720. The first-order chi connectivity index (χ1) is 7.66. The highest BCUT2D eigenvalue weighted by atomic mass is 16.4. The molecule has 0 unspecified atom stereocenters. The van der Waals surface area contributed by atoms with Crippen LogP contribution in [0, 0.1) is 0 Å². The lowest BCUT2D eigenvalue weighted by molar-refractivity contribution is 0.0697.